The molecule has 0 unspecified atom stereocenters. The molecule has 31 heavy (non-hydrogen) atoms. The first-order chi connectivity index (χ1) is 14.9. The highest BCUT2D eigenvalue weighted by molar-refractivity contribution is 6.47. The summed E-state index contributed by atoms with van der Waals surface area (Å²) in [5.41, 5.74) is 3.84. The topological polar surface area (TPSA) is 89.6 Å². The summed E-state index contributed by atoms with van der Waals surface area (Å²) in [6.07, 6.45) is 2.13. The van der Waals surface area contributed by atoms with E-state index >= 15 is 0 Å². The number of Topliss-reactive ketones (excluding diaryl/α,β-unsaturated/α-hetero) is 2. The van der Waals surface area contributed by atoms with Gasteiger partial charge in [0.05, 0.1) is 11.3 Å². The summed E-state index contributed by atoms with van der Waals surface area (Å²) >= 11 is 0. The lowest BCUT2D eigenvalue weighted by Gasteiger charge is -2.28. The number of carbonyl (C=O) groups is 2. The molecule has 3 aromatic rings. The predicted octanol–water partition coefficient (Wildman–Crippen LogP) is 4.03. The summed E-state index contributed by atoms with van der Waals surface area (Å²) < 4.78 is 10.8. The number of hydrogen-bond donors (Lipinski definition) is 1. The first-order valence-corrected chi connectivity index (χ1v) is 10.4. The van der Waals surface area contributed by atoms with Gasteiger partial charge in [-0.25, -0.2) is 0 Å². The standard InChI is InChI=1S/C24H24BNO5/c1-15-11-21(26-31-15)10-9-17-5-3-6-18(12-17)23(28)14-20-13-19-7-4-8-22(16(2)27)24(19)30-25(20)29/h3-8,11-12,20,29H,9-10,13-14H2,1-2H3/t20-/m1/s1. The van der Waals surface area contributed by atoms with Crippen molar-refractivity contribution in [3.8, 4) is 5.75 Å². The van der Waals surface area contributed by atoms with Crippen molar-refractivity contribution in [3.63, 3.8) is 0 Å². The molecule has 0 saturated heterocycles. The molecule has 0 aliphatic carbocycles. The number of para-hydroxylation sites is 1. The van der Waals surface area contributed by atoms with Crippen LogP contribution < -0.4 is 4.65 Å². The second kappa shape index (κ2) is 8.90. The van der Waals surface area contributed by atoms with Crippen LogP contribution >= 0.6 is 0 Å². The summed E-state index contributed by atoms with van der Waals surface area (Å²) in [6.45, 7) is 3.33. The van der Waals surface area contributed by atoms with E-state index in [1.165, 1.54) is 6.92 Å². The Balaban J connectivity index is 1.43. The molecule has 0 radical (unpaired) electrons. The highest BCUT2D eigenvalue weighted by Gasteiger charge is 2.37. The maximum absolute atomic E-state index is 12.9. The Morgan fingerprint density at radius 2 is 1.97 bits per heavy atom. The average Bonchev–Trinajstić information content (AvgIpc) is 3.17. The summed E-state index contributed by atoms with van der Waals surface area (Å²) in [4.78, 5) is 24.7. The van der Waals surface area contributed by atoms with E-state index in [1.807, 2.05) is 37.3 Å². The van der Waals surface area contributed by atoms with E-state index in [1.54, 1.807) is 18.2 Å². The van der Waals surface area contributed by atoms with Crippen molar-refractivity contribution in [3.05, 3.63) is 82.2 Å². The molecule has 0 amide bonds. The molecule has 1 aromatic heterocycles. The maximum Gasteiger partial charge on any atom is 0.526 e. The number of fused-ring (bicyclic) bond motifs is 1. The normalized spacial score (nSPS) is 15.3. The van der Waals surface area contributed by atoms with Crippen LogP contribution in [0.25, 0.3) is 0 Å². The van der Waals surface area contributed by atoms with Crippen molar-refractivity contribution in [2.24, 2.45) is 0 Å². The van der Waals surface area contributed by atoms with Gasteiger partial charge in [0.15, 0.2) is 11.6 Å². The lowest BCUT2D eigenvalue weighted by molar-refractivity contribution is 0.0971. The fourth-order valence-electron chi connectivity index (χ4n) is 4.00. The minimum absolute atomic E-state index is 0.0436. The zero-order chi connectivity index (χ0) is 22.0. The van der Waals surface area contributed by atoms with Crippen molar-refractivity contribution >= 4 is 18.7 Å². The molecule has 6 nitrogen and oxygen atoms in total. The minimum Gasteiger partial charge on any atom is -0.535 e. The Kier molecular flexibility index (Phi) is 6.05. The molecule has 7 heteroatoms. The molecule has 1 aliphatic rings. The largest absolute Gasteiger partial charge is 0.535 e. The van der Waals surface area contributed by atoms with E-state index in [-0.39, 0.29) is 23.8 Å². The van der Waals surface area contributed by atoms with E-state index < -0.39 is 7.12 Å². The van der Waals surface area contributed by atoms with Gasteiger partial charge >= 0.3 is 7.12 Å². The average molecular weight is 417 g/mol. The lowest BCUT2D eigenvalue weighted by Crippen LogP contribution is -2.35. The number of rotatable bonds is 7. The molecular weight excluding hydrogens is 393 g/mol. The van der Waals surface area contributed by atoms with Crippen molar-refractivity contribution < 1.29 is 23.8 Å². The van der Waals surface area contributed by atoms with Crippen LogP contribution in [0.4, 0.5) is 0 Å². The molecule has 0 spiro atoms. The van der Waals surface area contributed by atoms with Crippen molar-refractivity contribution in [2.75, 3.05) is 0 Å². The molecule has 1 N–H and O–H groups in total. The highest BCUT2D eigenvalue weighted by atomic mass is 16.5. The van der Waals surface area contributed by atoms with Crippen LogP contribution in [0.15, 0.2) is 53.1 Å². The number of benzene rings is 2. The molecule has 2 heterocycles. The molecule has 1 aliphatic heterocycles. The molecule has 158 valence electrons. The second-order valence-electron chi connectivity index (χ2n) is 8.08. The van der Waals surface area contributed by atoms with Crippen LogP contribution in [0, 0.1) is 6.92 Å². The third-order valence-electron chi connectivity index (χ3n) is 5.64. The van der Waals surface area contributed by atoms with Gasteiger partial charge in [-0.05, 0) is 56.4 Å². The van der Waals surface area contributed by atoms with Crippen molar-refractivity contribution in [1.29, 1.82) is 0 Å². The summed E-state index contributed by atoms with van der Waals surface area (Å²) in [5, 5.41) is 14.5. The maximum atomic E-state index is 12.9. The molecule has 0 bridgehead atoms. The zero-order valence-corrected chi connectivity index (χ0v) is 17.6. The van der Waals surface area contributed by atoms with Crippen LogP contribution in [-0.4, -0.2) is 28.9 Å². The Labute approximate surface area is 181 Å². The molecule has 0 saturated carbocycles. The number of carbonyl (C=O) groups excluding carboxylic acids is 2. The Hall–Kier alpha value is -3.19. The van der Waals surface area contributed by atoms with E-state index in [2.05, 4.69) is 5.16 Å². The van der Waals surface area contributed by atoms with Gasteiger partial charge in [0, 0.05) is 23.9 Å². The Bertz CT molecular complexity index is 1120. The molecule has 1 atom stereocenters. The van der Waals surface area contributed by atoms with Gasteiger partial charge in [-0.1, -0.05) is 35.5 Å². The van der Waals surface area contributed by atoms with Crippen LogP contribution in [0.5, 0.6) is 5.75 Å². The first kappa shape index (κ1) is 21.1. The van der Waals surface area contributed by atoms with Gasteiger partial charge in [-0.2, -0.15) is 0 Å². The SMILES string of the molecule is CC(=O)c1cccc2c1OB(O)[C@@H](CC(=O)c1cccc(CCc3cc(C)on3)c1)C2. The fourth-order valence-corrected chi connectivity index (χ4v) is 4.00. The number of ketones is 2. The summed E-state index contributed by atoms with van der Waals surface area (Å²) in [5.74, 6) is 0.679. The van der Waals surface area contributed by atoms with Gasteiger partial charge in [0.25, 0.3) is 0 Å². The van der Waals surface area contributed by atoms with Gasteiger partial charge in [0.1, 0.15) is 11.5 Å². The lowest BCUT2D eigenvalue weighted by atomic mass is 9.64. The quantitative estimate of drug-likeness (QED) is 0.461. The fraction of sp³-hybridized carbons (Fsp3) is 0.292. The van der Waals surface area contributed by atoms with E-state index in [0.717, 1.165) is 35.4 Å². The number of aromatic nitrogens is 1. The molecule has 2 aromatic carbocycles. The van der Waals surface area contributed by atoms with Gasteiger partial charge in [-0.15, -0.1) is 0 Å². The van der Waals surface area contributed by atoms with Crippen LogP contribution in [0.1, 0.15) is 56.6 Å². The highest BCUT2D eigenvalue weighted by Crippen LogP contribution is 2.36. The van der Waals surface area contributed by atoms with E-state index in [9.17, 15) is 14.6 Å². The predicted molar refractivity (Wildman–Crippen MR) is 117 cm³/mol. The number of hydrogen-bond acceptors (Lipinski definition) is 6. The van der Waals surface area contributed by atoms with Crippen molar-refractivity contribution in [1.82, 2.24) is 5.16 Å². The van der Waals surface area contributed by atoms with Crippen LogP contribution in [0.3, 0.4) is 0 Å². The van der Waals surface area contributed by atoms with Gasteiger partial charge < -0.3 is 14.2 Å². The third kappa shape index (κ3) is 4.77. The minimum atomic E-state index is -1.13. The van der Waals surface area contributed by atoms with Crippen molar-refractivity contribution in [2.45, 2.75) is 45.3 Å². The molecule has 0 fully saturated rings. The van der Waals surface area contributed by atoms with Crippen LogP contribution in [-0.2, 0) is 19.3 Å². The Morgan fingerprint density at radius 1 is 1.16 bits per heavy atom. The first-order valence-electron chi connectivity index (χ1n) is 10.4. The number of aryl methyl sites for hydroxylation is 3. The van der Waals surface area contributed by atoms with Gasteiger partial charge in [-0.3, -0.25) is 9.59 Å². The zero-order valence-electron chi connectivity index (χ0n) is 17.6. The second-order valence-corrected chi connectivity index (χ2v) is 8.08. The third-order valence-corrected chi connectivity index (χ3v) is 5.64. The monoisotopic (exact) mass is 417 g/mol. The number of nitrogens with zero attached hydrogens (tertiary/aromatic N) is 1. The Morgan fingerprint density at radius 3 is 2.71 bits per heavy atom. The smallest absolute Gasteiger partial charge is 0.526 e. The molecule has 4 rings (SSSR count). The molecular formula is C24H24BNO5. The summed E-state index contributed by atoms with van der Waals surface area (Å²) in [7, 11) is -1.13. The summed E-state index contributed by atoms with van der Waals surface area (Å²) in [6, 6.07) is 14.8. The van der Waals surface area contributed by atoms with Gasteiger partial charge in [0.2, 0.25) is 0 Å². The van der Waals surface area contributed by atoms with Crippen LogP contribution in [0.2, 0.25) is 5.82 Å². The van der Waals surface area contributed by atoms with E-state index in [0.29, 0.717) is 23.3 Å². The van der Waals surface area contributed by atoms with E-state index in [4.69, 9.17) is 9.18 Å².